The predicted molar refractivity (Wildman–Crippen MR) is 123 cm³/mol. The first-order valence-electron chi connectivity index (χ1n) is 10.9. The van der Waals surface area contributed by atoms with Gasteiger partial charge in [-0.3, -0.25) is 4.79 Å². The molecule has 1 N–H and O–H groups in total. The number of carbonyl (C=O) groups excluding carboxylic acids is 2. The van der Waals surface area contributed by atoms with E-state index in [0.717, 1.165) is 38.2 Å². The van der Waals surface area contributed by atoms with E-state index in [2.05, 4.69) is 28.6 Å². The maximum atomic E-state index is 12.8. The summed E-state index contributed by atoms with van der Waals surface area (Å²) in [5, 5.41) is 3.64. The van der Waals surface area contributed by atoms with Crippen LogP contribution in [0.5, 0.6) is 0 Å². The van der Waals surface area contributed by atoms with E-state index >= 15 is 0 Å². The van der Waals surface area contributed by atoms with Crippen molar-refractivity contribution in [3.8, 4) is 0 Å². The minimum absolute atomic E-state index is 0.0294. The van der Waals surface area contributed by atoms with Crippen LogP contribution in [-0.2, 0) is 4.74 Å². The minimum Gasteiger partial charge on any atom is -0.450 e. The number of carbonyl (C=O) groups is 2. The molecule has 8 heteroatoms. The molecule has 1 aromatic carbocycles. The third-order valence-corrected chi connectivity index (χ3v) is 6.42. The SMILES string of the molecule is CCOC(=O)N1CCN(C(=O)c2ccc(N3CCC(NCCSC)CC3)cc2)CC1. The summed E-state index contributed by atoms with van der Waals surface area (Å²) >= 11 is 1.88. The molecule has 166 valence electrons. The lowest BCUT2D eigenvalue weighted by atomic mass is 10.0. The van der Waals surface area contributed by atoms with Crippen LogP contribution in [0.2, 0.25) is 0 Å². The summed E-state index contributed by atoms with van der Waals surface area (Å²) in [6.07, 6.45) is 4.15. The number of anilines is 1. The van der Waals surface area contributed by atoms with E-state index in [1.54, 1.807) is 11.8 Å². The Hall–Kier alpha value is -1.93. The van der Waals surface area contributed by atoms with E-state index in [1.165, 1.54) is 5.69 Å². The lowest BCUT2D eigenvalue weighted by molar-refractivity contribution is 0.0570. The van der Waals surface area contributed by atoms with Crippen LogP contribution in [0.4, 0.5) is 10.5 Å². The second-order valence-corrected chi connectivity index (χ2v) is 8.72. The van der Waals surface area contributed by atoms with E-state index in [9.17, 15) is 9.59 Å². The van der Waals surface area contributed by atoms with Crippen molar-refractivity contribution >= 4 is 29.4 Å². The van der Waals surface area contributed by atoms with Crippen LogP contribution in [0, 0.1) is 0 Å². The summed E-state index contributed by atoms with van der Waals surface area (Å²) in [4.78, 5) is 30.5. The zero-order chi connectivity index (χ0) is 21.3. The highest BCUT2D eigenvalue weighted by Gasteiger charge is 2.26. The van der Waals surface area contributed by atoms with E-state index in [1.807, 2.05) is 28.8 Å². The Balaban J connectivity index is 1.47. The molecule has 0 aromatic heterocycles. The smallest absolute Gasteiger partial charge is 0.409 e. The topological polar surface area (TPSA) is 65.1 Å². The Bertz CT molecular complexity index is 684. The minimum atomic E-state index is -0.294. The van der Waals surface area contributed by atoms with Gasteiger partial charge in [0, 0.05) is 68.9 Å². The zero-order valence-corrected chi connectivity index (χ0v) is 19.0. The molecule has 0 aliphatic carbocycles. The number of nitrogens with one attached hydrogen (secondary N) is 1. The lowest BCUT2D eigenvalue weighted by Gasteiger charge is -2.35. The molecule has 0 spiro atoms. The predicted octanol–water partition coefficient (Wildman–Crippen LogP) is 2.52. The second kappa shape index (κ2) is 11.5. The number of hydrogen-bond acceptors (Lipinski definition) is 6. The molecular formula is C22H34N4O3S. The Morgan fingerprint density at radius 1 is 1.03 bits per heavy atom. The van der Waals surface area contributed by atoms with Gasteiger partial charge in [0.2, 0.25) is 0 Å². The average molecular weight is 435 g/mol. The molecule has 2 saturated heterocycles. The molecular weight excluding hydrogens is 400 g/mol. The highest BCUT2D eigenvalue weighted by molar-refractivity contribution is 7.98. The van der Waals surface area contributed by atoms with Gasteiger partial charge in [0.05, 0.1) is 6.61 Å². The molecule has 0 radical (unpaired) electrons. The normalized spacial score (nSPS) is 17.9. The number of thioether (sulfide) groups is 1. The van der Waals surface area contributed by atoms with Gasteiger partial charge in [-0.15, -0.1) is 0 Å². The van der Waals surface area contributed by atoms with E-state index in [0.29, 0.717) is 44.4 Å². The van der Waals surface area contributed by atoms with Crippen molar-refractivity contribution in [2.24, 2.45) is 0 Å². The largest absolute Gasteiger partial charge is 0.450 e. The van der Waals surface area contributed by atoms with Crippen LogP contribution in [0.15, 0.2) is 24.3 Å². The first-order chi connectivity index (χ1) is 14.6. The summed E-state index contributed by atoms with van der Waals surface area (Å²) < 4.78 is 5.04. The highest BCUT2D eigenvalue weighted by Crippen LogP contribution is 2.21. The summed E-state index contributed by atoms with van der Waals surface area (Å²) in [7, 11) is 0. The number of amides is 2. The average Bonchev–Trinajstić information content (AvgIpc) is 2.80. The standard InChI is InChI=1S/C22H34N4O3S/c1-3-29-22(28)26-15-13-25(14-16-26)21(27)18-4-6-20(7-5-18)24-11-8-19(9-12-24)23-10-17-30-2/h4-7,19,23H,3,8-17H2,1-2H3. The van der Waals surface area contributed by atoms with Gasteiger partial charge in [0.25, 0.3) is 5.91 Å². The van der Waals surface area contributed by atoms with Gasteiger partial charge in [0.1, 0.15) is 0 Å². The molecule has 0 unspecified atom stereocenters. The monoisotopic (exact) mass is 434 g/mol. The fourth-order valence-electron chi connectivity index (χ4n) is 4.01. The number of benzene rings is 1. The van der Waals surface area contributed by atoms with Crippen molar-refractivity contribution in [1.82, 2.24) is 15.1 Å². The fraction of sp³-hybridized carbons (Fsp3) is 0.636. The van der Waals surface area contributed by atoms with Gasteiger partial charge in [-0.1, -0.05) is 0 Å². The lowest BCUT2D eigenvalue weighted by Crippen LogP contribution is -2.50. The Morgan fingerprint density at radius 3 is 2.27 bits per heavy atom. The van der Waals surface area contributed by atoms with Gasteiger partial charge in [-0.25, -0.2) is 4.79 Å². The molecule has 0 bridgehead atoms. The van der Waals surface area contributed by atoms with Crippen molar-refractivity contribution in [2.75, 3.05) is 69.3 Å². The maximum absolute atomic E-state index is 12.8. The zero-order valence-electron chi connectivity index (χ0n) is 18.1. The Kier molecular flexibility index (Phi) is 8.69. The summed E-state index contributed by atoms with van der Waals surface area (Å²) in [5.41, 5.74) is 1.89. The van der Waals surface area contributed by atoms with Gasteiger partial charge in [0.15, 0.2) is 0 Å². The van der Waals surface area contributed by atoms with Crippen LogP contribution in [0.3, 0.4) is 0 Å². The van der Waals surface area contributed by atoms with Gasteiger partial charge in [-0.05, 0) is 50.3 Å². The van der Waals surface area contributed by atoms with Crippen LogP contribution < -0.4 is 10.2 Å². The molecule has 1 aromatic rings. The number of hydrogen-bond donors (Lipinski definition) is 1. The molecule has 0 atom stereocenters. The quantitative estimate of drug-likeness (QED) is 0.666. The number of rotatable bonds is 7. The van der Waals surface area contributed by atoms with Crippen molar-refractivity contribution in [1.29, 1.82) is 0 Å². The van der Waals surface area contributed by atoms with Crippen LogP contribution in [0.25, 0.3) is 0 Å². The molecule has 2 fully saturated rings. The number of piperidine rings is 1. The number of ether oxygens (including phenoxy) is 1. The van der Waals surface area contributed by atoms with Crippen LogP contribution in [0.1, 0.15) is 30.1 Å². The molecule has 0 saturated carbocycles. The number of nitrogens with zero attached hydrogens (tertiary/aromatic N) is 3. The van der Waals surface area contributed by atoms with Crippen molar-refractivity contribution in [3.63, 3.8) is 0 Å². The summed E-state index contributed by atoms with van der Waals surface area (Å²) in [6, 6.07) is 8.59. The van der Waals surface area contributed by atoms with E-state index in [-0.39, 0.29) is 12.0 Å². The summed E-state index contributed by atoms with van der Waals surface area (Å²) in [6.45, 7) is 7.44. The number of piperazine rings is 1. The first kappa shape index (κ1) is 22.7. The first-order valence-corrected chi connectivity index (χ1v) is 12.3. The Morgan fingerprint density at radius 2 is 1.67 bits per heavy atom. The van der Waals surface area contributed by atoms with Gasteiger partial charge in [-0.2, -0.15) is 11.8 Å². The van der Waals surface area contributed by atoms with Crippen molar-refractivity contribution in [3.05, 3.63) is 29.8 Å². The Labute approximate surface area is 184 Å². The van der Waals surface area contributed by atoms with Gasteiger partial charge < -0.3 is 24.8 Å². The molecule has 3 rings (SSSR count). The third-order valence-electron chi connectivity index (χ3n) is 5.81. The molecule has 2 aliphatic heterocycles. The molecule has 7 nitrogen and oxygen atoms in total. The van der Waals surface area contributed by atoms with E-state index < -0.39 is 0 Å². The van der Waals surface area contributed by atoms with Crippen molar-refractivity contribution in [2.45, 2.75) is 25.8 Å². The van der Waals surface area contributed by atoms with Crippen LogP contribution >= 0.6 is 11.8 Å². The maximum Gasteiger partial charge on any atom is 0.409 e. The molecule has 2 aliphatic rings. The van der Waals surface area contributed by atoms with Gasteiger partial charge >= 0.3 is 6.09 Å². The highest BCUT2D eigenvalue weighted by atomic mass is 32.2. The van der Waals surface area contributed by atoms with Crippen LogP contribution in [-0.4, -0.2) is 92.3 Å². The molecule has 30 heavy (non-hydrogen) atoms. The van der Waals surface area contributed by atoms with E-state index in [4.69, 9.17) is 4.74 Å². The fourth-order valence-corrected chi connectivity index (χ4v) is 4.33. The second-order valence-electron chi connectivity index (χ2n) is 7.73. The molecule has 2 heterocycles. The molecule has 2 amide bonds. The summed E-state index contributed by atoms with van der Waals surface area (Å²) in [5.74, 6) is 1.19. The van der Waals surface area contributed by atoms with Crippen molar-refractivity contribution < 1.29 is 14.3 Å². The third kappa shape index (κ3) is 6.04.